The predicted octanol–water partition coefficient (Wildman–Crippen LogP) is 0.0530. The van der Waals surface area contributed by atoms with Gasteiger partial charge in [0.1, 0.15) is 5.69 Å². The number of nitrogens with zero attached hydrogens (tertiary/aromatic N) is 2. The molecule has 1 heterocycles. The highest BCUT2D eigenvalue weighted by atomic mass is 32.2. The number of aryl methyl sites for hydroxylation is 1. The van der Waals surface area contributed by atoms with Crippen LogP contribution in [0.4, 0.5) is 0 Å². The van der Waals surface area contributed by atoms with Crippen molar-refractivity contribution in [3.05, 3.63) is 17.5 Å². The molecule has 1 N–H and O–H groups in total. The second-order valence-corrected chi connectivity index (χ2v) is 5.48. The number of carboxylic acids is 1. The van der Waals surface area contributed by atoms with E-state index in [1.165, 1.54) is 20.0 Å². The molecule has 0 spiro atoms. The summed E-state index contributed by atoms with van der Waals surface area (Å²) in [4.78, 5) is 10.7. The van der Waals surface area contributed by atoms with Crippen LogP contribution in [0.1, 0.15) is 23.1 Å². The average molecular weight is 232 g/mol. The van der Waals surface area contributed by atoms with Crippen LogP contribution in [0, 0.1) is 0 Å². The van der Waals surface area contributed by atoms with Crippen LogP contribution < -0.4 is 0 Å². The van der Waals surface area contributed by atoms with Crippen LogP contribution >= 0.6 is 0 Å². The molecule has 0 bridgehead atoms. The van der Waals surface area contributed by atoms with E-state index in [0.29, 0.717) is 0 Å². The summed E-state index contributed by atoms with van der Waals surface area (Å²) < 4.78 is 23.7. The van der Waals surface area contributed by atoms with Gasteiger partial charge in [0.2, 0.25) is 0 Å². The van der Waals surface area contributed by atoms with Crippen molar-refractivity contribution in [3.8, 4) is 0 Å². The summed E-state index contributed by atoms with van der Waals surface area (Å²) in [5, 5.41) is 12.5. The van der Waals surface area contributed by atoms with Gasteiger partial charge in [0, 0.05) is 12.8 Å². The van der Waals surface area contributed by atoms with E-state index in [2.05, 4.69) is 5.10 Å². The van der Waals surface area contributed by atoms with Gasteiger partial charge in [-0.15, -0.1) is 0 Å². The van der Waals surface area contributed by atoms with Gasteiger partial charge in [0.05, 0.1) is 11.4 Å². The minimum atomic E-state index is -3.17. The molecule has 0 aliphatic carbocycles. The standard InChI is InChI=1S/C8H12N2O4S/c1-3-15(13,14)5-6-4-7(8(11)12)10(2)9-6/h4H,3,5H2,1-2H3,(H,11,12). The van der Waals surface area contributed by atoms with Crippen LogP contribution in [0.25, 0.3) is 0 Å². The number of aromatic nitrogens is 2. The summed E-state index contributed by atoms with van der Waals surface area (Å²) in [6.45, 7) is 1.54. The van der Waals surface area contributed by atoms with Gasteiger partial charge in [-0.3, -0.25) is 4.68 Å². The number of hydrogen-bond donors (Lipinski definition) is 1. The number of rotatable bonds is 4. The average Bonchev–Trinajstić information content (AvgIpc) is 2.46. The molecule has 15 heavy (non-hydrogen) atoms. The zero-order valence-corrected chi connectivity index (χ0v) is 9.28. The van der Waals surface area contributed by atoms with Crippen molar-refractivity contribution in [3.63, 3.8) is 0 Å². The maximum Gasteiger partial charge on any atom is 0.354 e. The zero-order chi connectivity index (χ0) is 11.6. The number of carboxylic acid groups (broad SMARTS) is 1. The molecule has 6 nitrogen and oxygen atoms in total. The SMILES string of the molecule is CCS(=O)(=O)Cc1cc(C(=O)O)n(C)n1. The monoisotopic (exact) mass is 232 g/mol. The van der Waals surface area contributed by atoms with Gasteiger partial charge < -0.3 is 5.11 Å². The Bertz CT molecular complexity index is 475. The zero-order valence-electron chi connectivity index (χ0n) is 8.47. The van der Waals surface area contributed by atoms with Crippen molar-refractivity contribution in [1.82, 2.24) is 9.78 Å². The Hall–Kier alpha value is -1.37. The first kappa shape index (κ1) is 11.7. The van der Waals surface area contributed by atoms with E-state index in [1.807, 2.05) is 0 Å². The Balaban J connectivity index is 2.99. The van der Waals surface area contributed by atoms with Crippen LogP contribution in [-0.2, 0) is 22.6 Å². The highest BCUT2D eigenvalue weighted by molar-refractivity contribution is 7.90. The first-order valence-electron chi connectivity index (χ1n) is 4.32. The largest absolute Gasteiger partial charge is 0.477 e. The lowest BCUT2D eigenvalue weighted by molar-refractivity contribution is 0.0685. The summed E-state index contributed by atoms with van der Waals surface area (Å²) in [6, 6.07) is 1.27. The number of carbonyl (C=O) groups is 1. The number of aromatic carboxylic acids is 1. The molecule has 0 aliphatic rings. The molecule has 0 saturated heterocycles. The van der Waals surface area contributed by atoms with E-state index in [4.69, 9.17) is 5.11 Å². The minimum absolute atomic E-state index is 0.0173. The highest BCUT2D eigenvalue weighted by Gasteiger charge is 2.16. The van der Waals surface area contributed by atoms with Gasteiger partial charge in [0.15, 0.2) is 9.84 Å². The van der Waals surface area contributed by atoms with Gasteiger partial charge in [-0.1, -0.05) is 6.92 Å². The predicted molar refractivity (Wildman–Crippen MR) is 53.3 cm³/mol. The topological polar surface area (TPSA) is 89.3 Å². The van der Waals surface area contributed by atoms with Crippen LogP contribution in [0.15, 0.2) is 6.07 Å². The Labute approximate surface area is 87.4 Å². The fourth-order valence-electron chi connectivity index (χ4n) is 1.12. The first-order valence-corrected chi connectivity index (χ1v) is 6.14. The van der Waals surface area contributed by atoms with Gasteiger partial charge in [0.25, 0.3) is 0 Å². The molecule has 0 amide bonds. The molecule has 84 valence electrons. The van der Waals surface area contributed by atoms with Crippen molar-refractivity contribution in [1.29, 1.82) is 0 Å². The third-order valence-electron chi connectivity index (χ3n) is 1.96. The molecule has 0 aromatic carbocycles. The lowest BCUT2D eigenvalue weighted by atomic mass is 10.4. The number of hydrogen-bond acceptors (Lipinski definition) is 4. The van der Waals surface area contributed by atoms with Crippen molar-refractivity contribution in [2.75, 3.05) is 5.75 Å². The maximum absolute atomic E-state index is 11.3. The quantitative estimate of drug-likeness (QED) is 0.792. The van der Waals surface area contributed by atoms with Crippen molar-refractivity contribution < 1.29 is 18.3 Å². The molecule has 1 aromatic rings. The second-order valence-electron chi connectivity index (χ2n) is 3.13. The minimum Gasteiger partial charge on any atom is -0.477 e. The lowest BCUT2D eigenvalue weighted by Crippen LogP contribution is -2.07. The van der Waals surface area contributed by atoms with E-state index in [9.17, 15) is 13.2 Å². The molecule has 0 unspecified atom stereocenters. The summed E-state index contributed by atoms with van der Waals surface area (Å²) >= 11 is 0. The Morgan fingerprint density at radius 2 is 2.20 bits per heavy atom. The van der Waals surface area contributed by atoms with Crippen LogP contribution in [0.3, 0.4) is 0 Å². The van der Waals surface area contributed by atoms with Crippen LogP contribution in [-0.4, -0.2) is 35.0 Å². The van der Waals surface area contributed by atoms with Gasteiger partial charge in [-0.2, -0.15) is 5.10 Å². The lowest BCUT2D eigenvalue weighted by Gasteiger charge is -1.95. The maximum atomic E-state index is 11.3. The highest BCUT2D eigenvalue weighted by Crippen LogP contribution is 2.07. The Kier molecular flexibility index (Phi) is 3.13. The molecule has 0 radical (unpaired) electrons. The number of sulfone groups is 1. The third kappa shape index (κ3) is 2.79. The van der Waals surface area contributed by atoms with Crippen molar-refractivity contribution in [2.45, 2.75) is 12.7 Å². The fourth-order valence-corrected chi connectivity index (χ4v) is 1.92. The van der Waals surface area contributed by atoms with Crippen LogP contribution in [0.5, 0.6) is 0 Å². The summed E-state index contributed by atoms with van der Waals surface area (Å²) in [7, 11) is -1.71. The smallest absolute Gasteiger partial charge is 0.354 e. The molecule has 1 aromatic heterocycles. The molecular formula is C8H12N2O4S. The van der Waals surface area contributed by atoms with Gasteiger partial charge in [-0.25, -0.2) is 13.2 Å². The Morgan fingerprint density at radius 1 is 1.60 bits per heavy atom. The Morgan fingerprint density at radius 3 is 2.60 bits per heavy atom. The molecule has 7 heteroatoms. The van der Waals surface area contributed by atoms with E-state index in [1.54, 1.807) is 0 Å². The molecule has 0 atom stereocenters. The normalized spacial score (nSPS) is 11.6. The van der Waals surface area contributed by atoms with Crippen molar-refractivity contribution in [2.24, 2.45) is 7.05 Å². The van der Waals surface area contributed by atoms with Crippen molar-refractivity contribution >= 4 is 15.8 Å². The first-order chi connectivity index (χ1) is 6.85. The molecule has 0 aliphatic heterocycles. The summed E-state index contributed by atoms with van der Waals surface area (Å²) in [6.07, 6.45) is 0. The third-order valence-corrected chi connectivity index (χ3v) is 3.57. The fraction of sp³-hybridized carbons (Fsp3) is 0.500. The van der Waals surface area contributed by atoms with E-state index >= 15 is 0 Å². The second kappa shape index (κ2) is 4.01. The molecular weight excluding hydrogens is 220 g/mol. The van der Waals surface area contributed by atoms with Gasteiger partial charge >= 0.3 is 5.97 Å². The summed E-state index contributed by atoms with van der Waals surface area (Å²) in [5.74, 6) is -1.32. The van der Waals surface area contributed by atoms with E-state index in [-0.39, 0.29) is 22.9 Å². The summed E-state index contributed by atoms with van der Waals surface area (Å²) in [5.41, 5.74) is 0.244. The van der Waals surface area contributed by atoms with E-state index < -0.39 is 15.8 Å². The van der Waals surface area contributed by atoms with Crippen LogP contribution in [0.2, 0.25) is 0 Å². The molecule has 1 rings (SSSR count). The molecule has 0 saturated carbocycles. The van der Waals surface area contributed by atoms with E-state index in [0.717, 1.165) is 4.68 Å². The van der Waals surface area contributed by atoms with Gasteiger partial charge in [-0.05, 0) is 6.07 Å². The molecule has 0 fully saturated rings.